The molecule has 0 aromatic heterocycles. The molecule has 0 saturated carbocycles. The number of aliphatic hydroxyl groups is 1. The number of carbonyl (C=O) groups is 3. The summed E-state index contributed by atoms with van der Waals surface area (Å²) in [7, 11) is 0. The van der Waals surface area contributed by atoms with E-state index < -0.39 is 30.0 Å². The van der Waals surface area contributed by atoms with Crippen LogP contribution in [0.15, 0.2) is 0 Å². The number of amides is 1. The van der Waals surface area contributed by atoms with Gasteiger partial charge in [0.2, 0.25) is 5.91 Å². The van der Waals surface area contributed by atoms with Gasteiger partial charge in [-0.1, -0.05) is 213 Å². The Kier molecular flexibility index (Phi) is 37.2. The van der Waals surface area contributed by atoms with Gasteiger partial charge in [-0.05, 0) is 26.2 Å². The van der Waals surface area contributed by atoms with Gasteiger partial charge < -0.3 is 15.2 Å². The summed E-state index contributed by atoms with van der Waals surface area (Å²) >= 11 is 0. The molecular weight excluding hydrogens is 634 g/mol. The number of Topliss-reactive ketones (excluding diaryl/α,β-unsaturated/α-hetero) is 1. The topological polar surface area (TPSA) is 92.7 Å². The zero-order valence-electron chi connectivity index (χ0n) is 34.6. The van der Waals surface area contributed by atoms with Crippen LogP contribution in [0.25, 0.3) is 0 Å². The molecule has 0 aliphatic heterocycles. The molecule has 51 heavy (non-hydrogen) atoms. The zero-order valence-corrected chi connectivity index (χ0v) is 34.6. The maximum Gasteiger partial charge on any atom is 0.302 e. The zero-order chi connectivity index (χ0) is 37.6. The number of ketones is 1. The Labute approximate surface area is 317 Å². The first-order valence-corrected chi connectivity index (χ1v) is 22.5. The van der Waals surface area contributed by atoms with E-state index in [4.69, 9.17) is 4.74 Å². The number of unbranched alkanes of at least 4 members (excludes halogenated alkanes) is 31. The second kappa shape index (κ2) is 38.3. The van der Waals surface area contributed by atoms with Gasteiger partial charge in [0.25, 0.3) is 0 Å². The lowest BCUT2D eigenvalue weighted by atomic mass is 9.96. The van der Waals surface area contributed by atoms with E-state index in [-0.39, 0.29) is 5.91 Å². The van der Waals surface area contributed by atoms with Crippen molar-refractivity contribution >= 4 is 17.7 Å². The van der Waals surface area contributed by atoms with Crippen molar-refractivity contribution in [3.63, 3.8) is 0 Å². The number of esters is 1. The van der Waals surface area contributed by atoms with Crippen molar-refractivity contribution < 1.29 is 24.2 Å². The van der Waals surface area contributed by atoms with Crippen molar-refractivity contribution in [1.29, 1.82) is 0 Å². The molecule has 3 unspecified atom stereocenters. The molecule has 302 valence electrons. The number of carbonyl (C=O) groups excluding carboxylic acids is 3. The maximum absolute atomic E-state index is 12.9. The second-order valence-electron chi connectivity index (χ2n) is 15.8. The third-order valence-electron chi connectivity index (χ3n) is 10.7. The predicted octanol–water partition coefficient (Wildman–Crippen LogP) is 13.0. The summed E-state index contributed by atoms with van der Waals surface area (Å²) in [6, 6.07) is -0.916. The van der Waals surface area contributed by atoms with Crippen LogP contribution in [0, 0.1) is 0 Å². The van der Waals surface area contributed by atoms with Crippen LogP contribution in [0.1, 0.15) is 252 Å². The molecule has 0 aromatic rings. The second-order valence-corrected chi connectivity index (χ2v) is 15.8. The number of aliphatic hydroxyl groups excluding tert-OH is 1. The summed E-state index contributed by atoms with van der Waals surface area (Å²) in [5, 5.41) is 13.6. The Morgan fingerprint density at radius 1 is 0.471 bits per heavy atom. The van der Waals surface area contributed by atoms with Crippen molar-refractivity contribution in [3.8, 4) is 0 Å². The van der Waals surface area contributed by atoms with E-state index in [9.17, 15) is 19.5 Å². The summed E-state index contributed by atoms with van der Waals surface area (Å²) in [5.41, 5.74) is 0. The smallest absolute Gasteiger partial charge is 0.302 e. The van der Waals surface area contributed by atoms with Crippen LogP contribution in [-0.4, -0.2) is 41.0 Å². The Hall–Kier alpha value is -1.43. The molecule has 0 heterocycles. The standard InChI is InChI=1S/C45H87NO5/c1-5-7-9-11-13-15-17-19-21-23-25-27-29-31-33-35-37-39-43(49)46-44(45(50)40(3)47)42(51-41(4)48)38-36-34-32-30-28-26-24-22-20-18-16-14-12-10-8-6-2/h42,44-45,50H,5-39H2,1-4H3,(H,46,49). The molecule has 2 N–H and O–H groups in total. The van der Waals surface area contributed by atoms with Gasteiger partial charge in [-0.2, -0.15) is 0 Å². The lowest BCUT2D eigenvalue weighted by molar-refractivity contribution is -0.153. The maximum atomic E-state index is 12.9. The minimum atomic E-state index is -1.39. The highest BCUT2D eigenvalue weighted by molar-refractivity contribution is 5.83. The SMILES string of the molecule is CCCCCCCCCCCCCCCCCCCC(=O)NC(C(CCCCCCCCCCCCCCCCCC)OC(C)=O)C(O)C(C)=O. The van der Waals surface area contributed by atoms with Crippen molar-refractivity contribution in [3.05, 3.63) is 0 Å². The Morgan fingerprint density at radius 2 is 0.765 bits per heavy atom. The molecule has 3 atom stereocenters. The summed E-state index contributed by atoms with van der Waals surface area (Å²) in [4.78, 5) is 37.0. The van der Waals surface area contributed by atoms with E-state index >= 15 is 0 Å². The van der Waals surface area contributed by atoms with E-state index in [1.54, 1.807) is 0 Å². The van der Waals surface area contributed by atoms with E-state index in [1.165, 1.54) is 187 Å². The molecule has 6 nitrogen and oxygen atoms in total. The lowest BCUT2D eigenvalue weighted by Crippen LogP contribution is -2.54. The first kappa shape index (κ1) is 49.6. The molecule has 0 aliphatic rings. The minimum absolute atomic E-state index is 0.189. The summed E-state index contributed by atoms with van der Waals surface area (Å²) in [5.74, 6) is -1.08. The van der Waals surface area contributed by atoms with Crippen LogP contribution in [0.2, 0.25) is 0 Å². The highest BCUT2D eigenvalue weighted by Crippen LogP contribution is 2.19. The van der Waals surface area contributed by atoms with Gasteiger partial charge in [-0.3, -0.25) is 14.4 Å². The van der Waals surface area contributed by atoms with Crippen LogP contribution in [-0.2, 0) is 19.1 Å². The normalized spacial score (nSPS) is 13.2. The summed E-state index contributed by atoms with van der Waals surface area (Å²) in [6.45, 7) is 7.21. The fraction of sp³-hybridized carbons (Fsp3) is 0.933. The number of hydrogen-bond acceptors (Lipinski definition) is 5. The fourth-order valence-corrected chi connectivity index (χ4v) is 7.32. The Balaban J connectivity index is 4.14. The number of ether oxygens (including phenoxy) is 1. The quantitative estimate of drug-likeness (QED) is 0.0485. The average Bonchev–Trinajstić information content (AvgIpc) is 3.10. The average molecular weight is 722 g/mol. The van der Waals surface area contributed by atoms with Crippen LogP contribution < -0.4 is 5.32 Å². The highest BCUT2D eigenvalue weighted by atomic mass is 16.5. The molecule has 1 amide bonds. The molecule has 0 spiro atoms. The van der Waals surface area contributed by atoms with E-state index in [1.807, 2.05) is 0 Å². The van der Waals surface area contributed by atoms with Crippen molar-refractivity contribution in [1.82, 2.24) is 5.32 Å². The molecule has 0 aliphatic carbocycles. The molecule has 0 radical (unpaired) electrons. The first-order chi connectivity index (χ1) is 24.8. The number of rotatable bonds is 40. The molecule has 0 fully saturated rings. The minimum Gasteiger partial charge on any atom is -0.460 e. The van der Waals surface area contributed by atoms with Gasteiger partial charge >= 0.3 is 5.97 Å². The van der Waals surface area contributed by atoms with Crippen LogP contribution in [0.4, 0.5) is 0 Å². The third-order valence-corrected chi connectivity index (χ3v) is 10.7. The molecule has 0 aromatic carbocycles. The van der Waals surface area contributed by atoms with Gasteiger partial charge in [0.15, 0.2) is 5.78 Å². The predicted molar refractivity (Wildman–Crippen MR) is 217 cm³/mol. The van der Waals surface area contributed by atoms with Gasteiger partial charge in [-0.25, -0.2) is 0 Å². The van der Waals surface area contributed by atoms with Gasteiger partial charge in [0.1, 0.15) is 12.2 Å². The first-order valence-electron chi connectivity index (χ1n) is 22.5. The van der Waals surface area contributed by atoms with E-state index in [2.05, 4.69) is 19.2 Å². The third kappa shape index (κ3) is 34.1. The number of hydrogen-bond donors (Lipinski definition) is 2. The summed E-state index contributed by atoms with van der Waals surface area (Å²) in [6.07, 6.45) is 41.1. The van der Waals surface area contributed by atoms with Crippen molar-refractivity contribution in [2.45, 2.75) is 271 Å². The van der Waals surface area contributed by atoms with E-state index in [0.717, 1.165) is 38.5 Å². The van der Waals surface area contributed by atoms with Crippen LogP contribution in [0.3, 0.4) is 0 Å². The van der Waals surface area contributed by atoms with Crippen LogP contribution >= 0.6 is 0 Å². The highest BCUT2D eigenvalue weighted by Gasteiger charge is 2.34. The van der Waals surface area contributed by atoms with Crippen LogP contribution in [0.5, 0.6) is 0 Å². The molecule has 0 bridgehead atoms. The number of nitrogens with one attached hydrogen (secondary N) is 1. The largest absolute Gasteiger partial charge is 0.460 e. The van der Waals surface area contributed by atoms with Gasteiger partial charge in [0.05, 0.1) is 6.04 Å². The molecule has 0 saturated heterocycles. The fourth-order valence-electron chi connectivity index (χ4n) is 7.32. The van der Waals surface area contributed by atoms with E-state index in [0.29, 0.717) is 12.8 Å². The van der Waals surface area contributed by atoms with Gasteiger partial charge in [-0.15, -0.1) is 0 Å². The lowest BCUT2D eigenvalue weighted by Gasteiger charge is -2.30. The Morgan fingerprint density at radius 3 is 1.06 bits per heavy atom. The molecular formula is C45H87NO5. The van der Waals surface area contributed by atoms with Gasteiger partial charge in [0, 0.05) is 13.3 Å². The molecule has 0 rings (SSSR count). The molecule has 6 heteroatoms. The van der Waals surface area contributed by atoms with Crippen molar-refractivity contribution in [2.24, 2.45) is 0 Å². The van der Waals surface area contributed by atoms with Crippen molar-refractivity contribution in [2.75, 3.05) is 0 Å². The summed E-state index contributed by atoms with van der Waals surface area (Å²) < 4.78 is 5.58. The monoisotopic (exact) mass is 722 g/mol. The Bertz CT molecular complexity index is 787.